The van der Waals surface area contributed by atoms with Crippen LogP contribution in [0.4, 0.5) is 0 Å². The molecule has 0 amide bonds. The lowest BCUT2D eigenvalue weighted by Crippen LogP contribution is -2.05. The Hall–Kier alpha value is -0.570. The Bertz CT molecular complexity index is 145. The summed E-state index contributed by atoms with van der Waals surface area (Å²) in [6.45, 7) is 2.07. The second kappa shape index (κ2) is 9.00. The second-order valence-corrected chi connectivity index (χ2v) is 3.62. The highest BCUT2D eigenvalue weighted by atomic mass is 16.5. The van der Waals surface area contributed by atoms with E-state index in [-0.39, 0.29) is 12.1 Å². The lowest BCUT2D eigenvalue weighted by molar-refractivity contribution is -0.140. The maximum Gasteiger partial charge on any atom is 0.305 e. The zero-order chi connectivity index (χ0) is 10.8. The summed E-state index contributed by atoms with van der Waals surface area (Å²) in [7, 11) is 1.41. The van der Waals surface area contributed by atoms with E-state index >= 15 is 0 Å². The Balaban J connectivity index is 3.17. The number of carbonyl (C=O) groups excluding carboxylic acids is 1. The molecule has 0 aliphatic carbocycles. The third-order valence-electron chi connectivity index (χ3n) is 2.27. The van der Waals surface area contributed by atoms with E-state index in [4.69, 9.17) is 0 Å². The van der Waals surface area contributed by atoms with Crippen LogP contribution in [0.15, 0.2) is 0 Å². The molecule has 0 aromatic heterocycles. The normalized spacial score (nSPS) is 12.5. The molecule has 84 valence electrons. The summed E-state index contributed by atoms with van der Waals surface area (Å²) >= 11 is 0. The maximum absolute atomic E-state index is 10.7. The van der Waals surface area contributed by atoms with Gasteiger partial charge in [-0.05, 0) is 19.3 Å². The summed E-state index contributed by atoms with van der Waals surface area (Å²) in [4.78, 5) is 10.7. The summed E-state index contributed by atoms with van der Waals surface area (Å²) < 4.78 is 4.53. The molecular weight excluding hydrogens is 180 g/mol. The number of carbonyl (C=O) groups is 1. The Labute approximate surface area is 86.5 Å². The van der Waals surface area contributed by atoms with Gasteiger partial charge in [-0.1, -0.05) is 26.2 Å². The number of rotatable bonds is 8. The van der Waals surface area contributed by atoms with Crippen molar-refractivity contribution in [3.63, 3.8) is 0 Å². The van der Waals surface area contributed by atoms with Crippen molar-refractivity contribution >= 4 is 5.97 Å². The summed E-state index contributed by atoms with van der Waals surface area (Å²) in [6, 6.07) is 0. The van der Waals surface area contributed by atoms with Crippen LogP contribution in [0.3, 0.4) is 0 Å². The van der Waals surface area contributed by atoms with Gasteiger partial charge < -0.3 is 9.84 Å². The summed E-state index contributed by atoms with van der Waals surface area (Å²) in [5.41, 5.74) is 0. The topological polar surface area (TPSA) is 46.5 Å². The van der Waals surface area contributed by atoms with Crippen LogP contribution in [0.25, 0.3) is 0 Å². The molecular formula is C11H22O3. The van der Waals surface area contributed by atoms with Gasteiger partial charge in [0, 0.05) is 6.42 Å². The van der Waals surface area contributed by atoms with Crippen molar-refractivity contribution in [2.75, 3.05) is 7.11 Å². The summed E-state index contributed by atoms with van der Waals surface area (Å²) in [6.07, 6.45) is 5.98. The smallest absolute Gasteiger partial charge is 0.305 e. The van der Waals surface area contributed by atoms with Gasteiger partial charge in [-0.15, -0.1) is 0 Å². The first-order valence-corrected chi connectivity index (χ1v) is 5.45. The van der Waals surface area contributed by atoms with Crippen LogP contribution < -0.4 is 0 Å². The number of methoxy groups -OCH3 is 1. The highest BCUT2D eigenvalue weighted by Crippen LogP contribution is 2.09. The van der Waals surface area contributed by atoms with E-state index in [1.165, 1.54) is 7.11 Å². The zero-order valence-corrected chi connectivity index (χ0v) is 9.29. The van der Waals surface area contributed by atoms with Gasteiger partial charge in [-0.2, -0.15) is 0 Å². The fourth-order valence-corrected chi connectivity index (χ4v) is 1.41. The van der Waals surface area contributed by atoms with E-state index in [1.807, 2.05) is 0 Å². The number of aliphatic hydroxyl groups excluding tert-OH is 1. The van der Waals surface area contributed by atoms with Crippen LogP contribution in [-0.2, 0) is 9.53 Å². The van der Waals surface area contributed by atoms with Gasteiger partial charge in [0.05, 0.1) is 13.2 Å². The minimum Gasteiger partial charge on any atom is -0.469 e. The number of esters is 1. The van der Waals surface area contributed by atoms with Crippen LogP contribution >= 0.6 is 0 Å². The van der Waals surface area contributed by atoms with Gasteiger partial charge in [-0.25, -0.2) is 0 Å². The lowest BCUT2D eigenvalue weighted by atomic mass is 10.1. The fourth-order valence-electron chi connectivity index (χ4n) is 1.41. The van der Waals surface area contributed by atoms with Crippen molar-refractivity contribution in [2.45, 2.75) is 58.0 Å². The standard InChI is InChI=1S/C11H22O3/c1-3-7-10(12)8-5-4-6-9-11(13)14-2/h10,12H,3-9H2,1-2H3. The molecule has 0 fully saturated rings. The highest BCUT2D eigenvalue weighted by Gasteiger charge is 2.03. The molecule has 0 aromatic rings. The molecule has 3 heteroatoms. The highest BCUT2D eigenvalue weighted by molar-refractivity contribution is 5.68. The first kappa shape index (κ1) is 13.4. The first-order chi connectivity index (χ1) is 6.70. The third-order valence-corrected chi connectivity index (χ3v) is 2.27. The van der Waals surface area contributed by atoms with Crippen molar-refractivity contribution in [3.8, 4) is 0 Å². The Kier molecular flexibility index (Phi) is 8.64. The average molecular weight is 202 g/mol. The van der Waals surface area contributed by atoms with Crippen LogP contribution in [0.5, 0.6) is 0 Å². The largest absolute Gasteiger partial charge is 0.469 e. The van der Waals surface area contributed by atoms with Crippen LogP contribution in [0.1, 0.15) is 51.9 Å². The lowest BCUT2D eigenvalue weighted by Gasteiger charge is -2.07. The monoisotopic (exact) mass is 202 g/mol. The van der Waals surface area contributed by atoms with Gasteiger partial charge in [0.1, 0.15) is 0 Å². The van der Waals surface area contributed by atoms with E-state index in [0.29, 0.717) is 6.42 Å². The molecule has 3 nitrogen and oxygen atoms in total. The van der Waals surface area contributed by atoms with E-state index in [0.717, 1.165) is 38.5 Å². The Morgan fingerprint density at radius 2 is 2.00 bits per heavy atom. The molecule has 0 heterocycles. The number of hydrogen-bond donors (Lipinski definition) is 1. The maximum atomic E-state index is 10.7. The molecule has 0 saturated carbocycles. The average Bonchev–Trinajstić information content (AvgIpc) is 2.17. The molecule has 1 unspecified atom stereocenters. The molecule has 1 N–H and O–H groups in total. The van der Waals surface area contributed by atoms with E-state index < -0.39 is 0 Å². The molecule has 14 heavy (non-hydrogen) atoms. The summed E-state index contributed by atoms with van der Waals surface area (Å²) in [5.74, 6) is -0.140. The quantitative estimate of drug-likeness (QED) is 0.485. The molecule has 0 aliphatic rings. The molecule has 0 rings (SSSR count). The van der Waals surface area contributed by atoms with Gasteiger partial charge in [0.2, 0.25) is 0 Å². The number of hydrogen-bond acceptors (Lipinski definition) is 3. The third kappa shape index (κ3) is 8.05. The molecule has 0 spiro atoms. The van der Waals surface area contributed by atoms with E-state index in [1.54, 1.807) is 0 Å². The van der Waals surface area contributed by atoms with Gasteiger partial charge in [-0.3, -0.25) is 4.79 Å². The van der Waals surface area contributed by atoms with E-state index in [2.05, 4.69) is 11.7 Å². The van der Waals surface area contributed by atoms with Gasteiger partial charge in [0.25, 0.3) is 0 Å². The van der Waals surface area contributed by atoms with Gasteiger partial charge >= 0.3 is 5.97 Å². The Morgan fingerprint density at radius 3 is 2.57 bits per heavy atom. The van der Waals surface area contributed by atoms with Crippen LogP contribution in [0.2, 0.25) is 0 Å². The molecule has 1 atom stereocenters. The minimum atomic E-state index is -0.155. The predicted molar refractivity (Wildman–Crippen MR) is 56.0 cm³/mol. The van der Waals surface area contributed by atoms with Crippen molar-refractivity contribution in [2.24, 2.45) is 0 Å². The van der Waals surface area contributed by atoms with E-state index in [9.17, 15) is 9.90 Å². The van der Waals surface area contributed by atoms with Crippen LogP contribution in [-0.4, -0.2) is 24.3 Å². The molecule has 0 aliphatic heterocycles. The SMILES string of the molecule is CCCC(O)CCCCCC(=O)OC. The second-order valence-electron chi connectivity index (χ2n) is 3.62. The summed E-state index contributed by atoms with van der Waals surface area (Å²) in [5, 5.41) is 9.41. The number of ether oxygens (including phenoxy) is 1. The van der Waals surface area contributed by atoms with Crippen LogP contribution in [0, 0.1) is 0 Å². The number of aliphatic hydroxyl groups is 1. The Morgan fingerprint density at radius 1 is 1.29 bits per heavy atom. The zero-order valence-electron chi connectivity index (χ0n) is 9.29. The molecule has 0 saturated heterocycles. The van der Waals surface area contributed by atoms with Gasteiger partial charge in [0.15, 0.2) is 0 Å². The first-order valence-electron chi connectivity index (χ1n) is 5.45. The molecule has 0 radical (unpaired) electrons. The molecule has 0 bridgehead atoms. The predicted octanol–water partition coefficient (Wildman–Crippen LogP) is 2.27. The minimum absolute atomic E-state index is 0.140. The van der Waals surface area contributed by atoms with Crippen molar-refractivity contribution < 1.29 is 14.6 Å². The number of unbranched alkanes of at least 4 members (excludes halogenated alkanes) is 2. The van der Waals surface area contributed by atoms with Crippen molar-refractivity contribution in [3.05, 3.63) is 0 Å². The fraction of sp³-hybridized carbons (Fsp3) is 0.909. The molecule has 0 aromatic carbocycles. The van der Waals surface area contributed by atoms with Crippen molar-refractivity contribution in [1.29, 1.82) is 0 Å². The van der Waals surface area contributed by atoms with Crippen molar-refractivity contribution in [1.82, 2.24) is 0 Å².